The van der Waals surface area contributed by atoms with Gasteiger partial charge in [0.05, 0.1) is 5.25 Å². The van der Waals surface area contributed by atoms with Crippen LogP contribution in [0.3, 0.4) is 0 Å². The fourth-order valence-electron chi connectivity index (χ4n) is 1.28. The van der Waals surface area contributed by atoms with Gasteiger partial charge in [-0.2, -0.15) is 11.8 Å². The molecule has 0 saturated carbocycles. The molecule has 0 fully saturated rings. The molecule has 1 aromatic carbocycles. The number of nitrogens with one attached hydrogen (secondary N) is 1. The van der Waals surface area contributed by atoms with Crippen LogP contribution in [0.5, 0.6) is 0 Å². The number of amides is 1. The maximum atomic E-state index is 11.5. The monoisotopic (exact) mass is 238 g/mol. The van der Waals surface area contributed by atoms with Gasteiger partial charge in [-0.05, 0) is 18.7 Å². The van der Waals surface area contributed by atoms with Crippen LogP contribution in [0.4, 0.5) is 0 Å². The van der Waals surface area contributed by atoms with Crippen LogP contribution in [0, 0.1) is 0 Å². The molecule has 0 spiro atoms. The molecule has 0 heterocycles. The molecule has 2 unspecified atom stereocenters. The van der Waals surface area contributed by atoms with E-state index in [1.54, 1.807) is 0 Å². The van der Waals surface area contributed by atoms with Gasteiger partial charge in [-0.3, -0.25) is 4.79 Å². The summed E-state index contributed by atoms with van der Waals surface area (Å²) in [6.45, 7) is 2.36. The third kappa shape index (κ3) is 3.87. The lowest BCUT2D eigenvalue weighted by Gasteiger charge is -2.15. The summed E-state index contributed by atoms with van der Waals surface area (Å²) < 4.78 is 0. The number of thioether (sulfide) groups is 1. The Morgan fingerprint density at radius 1 is 1.44 bits per heavy atom. The average Bonchev–Trinajstić information content (AvgIpc) is 2.35. The van der Waals surface area contributed by atoms with E-state index in [2.05, 4.69) is 5.32 Å². The van der Waals surface area contributed by atoms with E-state index in [0.29, 0.717) is 6.54 Å². The number of carbonyl (C=O) groups excluding carboxylic acids is 1. The molecular formula is C12H18N2OS. The van der Waals surface area contributed by atoms with Crippen LogP contribution in [0.1, 0.15) is 18.5 Å². The first-order valence-corrected chi connectivity index (χ1v) is 6.55. The highest BCUT2D eigenvalue weighted by atomic mass is 32.2. The molecule has 0 bridgehead atoms. The molecule has 0 aromatic heterocycles. The molecule has 1 rings (SSSR count). The summed E-state index contributed by atoms with van der Waals surface area (Å²) in [7, 11) is 0. The van der Waals surface area contributed by atoms with Crippen LogP contribution in [-0.4, -0.2) is 24.0 Å². The van der Waals surface area contributed by atoms with Crippen molar-refractivity contribution in [2.75, 3.05) is 12.8 Å². The topological polar surface area (TPSA) is 55.1 Å². The number of hydrogen-bond donors (Lipinski definition) is 2. The SMILES string of the molecule is CSC(C)C(=O)NCC(N)c1ccccc1. The minimum absolute atomic E-state index is 0.0250. The van der Waals surface area contributed by atoms with Crippen LogP contribution in [0.2, 0.25) is 0 Å². The van der Waals surface area contributed by atoms with E-state index in [1.807, 2.05) is 43.5 Å². The van der Waals surface area contributed by atoms with Crippen LogP contribution in [0.15, 0.2) is 30.3 Å². The van der Waals surface area contributed by atoms with Crippen molar-refractivity contribution in [3.63, 3.8) is 0 Å². The van der Waals surface area contributed by atoms with Crippen molar-refractivity contribution in [3.8, 4) is 0 Å². The van der Waals surface area contributed by atoms with E-state index in [4.69, 9.17) is 5.73 Å². The lowest BCUT2D eigenvalue weighted by Crippen LogP contribution is -2.36. The minimum Gasteiger partial charge on any atom is -0.353 e. The number of hydrogen-bond acceptors (Lipinski definition) is 3. The maximum absolute atomic E-state index is 11.5. The molecule has 3 nitrogen and oxygen atoms in total. The predicted octanol–water partition coefficient (Wildman–Crippen LogP) is 1.55. The number of nitrogens with two attached hydrogens (primary N) is 1. The van der Waals surface area contributed by atoms with Gasteiger partial charge in [-0.25, -0.2) is 0 Å². The van der Waals surface area contributed by atoms with E-state index in [9.17, 15) is 4.79 Å². The van der Waals surface area contributed by atoms with E-state index >= 15 is 0 Å². The second kappa shape index (κ2) is 6.55. The number of rotatable bonds is 5. The van der Waals surface area contributed by atoms with Crippen LogP contribution < -0.4 is 11.1 Å². The van der Waals surface area contributed by atoms with Crippen molar-refractivity contribution in [1.82, 2.24) is 5.32 Å². The zero-order valence-corrected chi connectivity index (χ0v) is 10.5. The summed E-state index contributed by atoms with van der Waals surface area (Å²) in [5.74, 6) is 0.0406. The smallest absolute Gasteiger partial charge is 0.232 e. The van der Waals surface area contributed by atoms with Gasteiger partial charge < -0.3 is 11.1 Å². The largest absolute Gasteiger partial charge is 0.353 e. The molecule has 0 saturated heterocycles. The minimum atomic E-state index is -0.140. The number of carbonyl (C=O) groups is 1. The van der Waals surface area contributed by atoms with Crippen molar-refractivity contribution in [2.45, 2.75) is 18.2 Å². The second-order valence-electron chi connectivity index (χ2n) is 3.64. The molecule has 0 radical (unpaired) electrons. The first-order chi connectivity index (χ1) is 7.65. The third-order valence-electron chi connectivity index (χ3n) is 2.45. The lowest BCUT2D eigenvalue weighted by atomic mass is 10.1. The molecule has 1 amide bonds. The summed E-state index contributed by atoms with van der Waals surface area (Å²) >= 11 is 1.53. The molecule has 4 heteroatoms. The van der Waals surface area contributed by atoms with Crippen molar-refractivity contribution in [2.24, 2.45) is 5.73 Å². The molecule has 3 N–H and O–H groups in total. The van der Waals surface area contributed by atoms with E-state index in [0.717, 1.165) is 5.56 Å². The van der Waals surface area contributed by atoms with Gasteiger partial charge in [0, 0.05) is 12.6 Å². The van der Waals surface area contributed by atoms with Crippen molar-refractivity contribution in [1.29, 1.82) is 0 Å². The van der Waals surface area contributed by atoms with Crippen LogP contribution in [-0.2, 0) is 4.79 Å². The molecule has 88 valence electrons. The van der Waals surface area contributed by atoms with Gasteiger partial charge in [0.15, 0.2) is 0 Å². The van der Waals surface area contributed by atoms with Crippen molar-refractivity contribution < 1.29 is 4.79 Å². The summed E-state index contributed by atoms with van der Waals surface area (Å²) in [6.07, 6.45) is 1.92. The van der Waals surface area contributed by atoms with E-state index in [1.165, 1.54) is 11.8 Å². The fourth-order valence-corrected chi connectivity index (χ4v) is 1.58. The maximum Gasteiger partial charge on any atom is 0.232 e. The summed E-state index contributed by atoms with van der Waals surface area (Å²) in [4.78, 5) is 11.5. The Labute approximate surface area is 101 Å². The molecule has 0 aliphatic rings. The Bertz CT molecular complexity index is 329. The van der Waals surface area contributed by atoms with Gasteiger partial charge in [0.1, 0.15) is 0 Å². The van der Waals surface area contributed by atoms with E-state index in [-0.39, 0.29) is 17.2 Å². The molecule has 0 aliphatic heterocycles. The first kappa shape index (κ1) is 13.1. The summed E-state index contributed by atoms with van der Waals surface area (Å²) in [6, 6.07) is 9.64. The van der Waals surface area contributed by atoms with E-state index < -0.39 is 0 Å². The quantitative estimate of drug-likeness (QED) is 0.818. The second-order valence-corrected chi connectivity index (χ2v) is 4.82. The predicted molar refractivity (Wildman–Crippen MR) is 69.4 cm³/mol. The van der Waals surface area contributed by atoms with Gasteiger partial charge in [-0.1, -0.05) is 30.3 Å². The van der Waals surface area contributed by atoms with Crippen molar-refractivity contribution >= 4 is 17.7 Å². The van der Waals surface area contributed by atoms with Crippen LogP contribution >= 0.6 is 11.8 Å². The Morgan fingerprint density at radius 2 is 2.06 bits per heavy atom. The lowest BCUT2D eigenvalue weighted by molar-refractivity contribution is -0.120. The fraction of sp³-hybridized carbons (Fsp3) is 0.417. The Balaban J connectivity index is 2.42. The van der Waals surface area contributed by atoms with Gasteiger partial charge >= 0.3 is 0 Å². The first-order valence-electron chi connectivity index (χ1n) is 5.26. The average molecular weight is 238 g/mol. The molecule has 1 aromatic rings. The number of benzene rings is 1. The highest BCUT2D eigenvalue weighted by Gasteiger charge is 2.12. The summed E-state index contributed by atoms with van der Waals surface area (Å²) in [5.41, 5.74) is 7.00. The third-order valence-corrected chi connectivity index (χ3v) is 3.37. The molecule has 0 aliphatic carbocycles. The highest BCUT2D eigenvalue weighted by molar-refractivity contribution is 7.99. The Kier molecular flexibility index (Phi) is 5.35. The van der Waals surface area contributed by atoms with Crippen LogP contribution in [0.25, 0.3) is 0 Å². The molecular weight excluding hydrogens is 220 g/mol. The zero-order valence-electron chi connectivity index (χ0n) is 9.64. The van der Waals surface area contributed by atoms with Gasteiger partial charge in [0.25, 0.3) is 0 Å². The highest BCUT2D eigenvalue weighted by Crippen LogP contribution is 2.09. The normalized spacial score (nSPS) is 14.2. The Hall–Kier alpha value is -1.00. The van der Waals surface area contributed by atoms with Gasteiger partial charge in [-0.15, -0.1) is 0 Å². The summed E-state index contributed by atoms with van der Waals surface area (Å²) in [5, 5.41) is 2.82. The zero-order chi connectivity index (χ0) is 12.0. The standard InChI is InChI=1S/C12H18N2OS/c1-9(16-2)12(15)14-8-11(13)10-6-4-3-5-7-10/h3-7,9,11H,8,13H2,1-2H3,(H,14,15). The molecule has 2 atom stereocenters. The Morgan fingerprint density at radius 3 is 2.62 bits per heavy atom. The van der Waals surface area contributed by atoms with Gasteiger partial charge in [0.2, 0.25) is 5.91 Å². The van der Waals surface area contributed by atoms with Crippen molar-refractivity contribution in [3.05, 3.63) is 35.9 Å². The molecule has 16 heavy (non-hydrogen) atoms.